The Balaban J connectivity index is 1.60. The van der Waals surface area contributed by atoms with Gasteiger partial charge in [0.1, 0.15) is 11.8 Å². The number of hydrogen-bond acceptors (Lipinski definition) is 6. The van der Waals surface area contributed by atoms with Gasteiger partial charge in [0.2, 0.25) is 17.6 Å². The van der Waals surface area contributed by atoms with Gasteiger partial charge in [0, 0.05) is 24.9 Å². The number of methoxy groups -OCH3 is 1. The highest BCUT2D eigenvalue weighted by Gasteiger charge is 2.31. The maximum Gasteiger partial charge on any atom is 0.326 e. The molecule has 1 saturated heterocycles. The molecule has 1 fully saturated rings. The topological polar surface area (TPSA) is 106 Å². The summed E-state index contributed by atoms with van der Waals surface area (Å²) in [6.45, 7) is 0.483. The second kappa shape index (κ2) is 7.99. The van der Waals surface area contributed by atoms with E-state index in [9.17, 15) is 14.7 Å². The van der Waals surface area contributed by atoms with Crippen molar-refractivity contribution in [3.05, 3.63) is 30.2 Å². The van der Waals surface area contributed by atoms with Crippen LogP contribution in [0.1, 0.15) is 31.6 Å². The molecule has 1 N–H and O–H groups in total. The van der Waals surface area contributed by atoms with Gasteiger partial charge in [0.25, 0.3) is 0 Å². The van der Waals surface area contributed by atoms with E-state index in [1.54, 1.807) is 19.2 Å². The summed E-state index contributed by atoms with van der Waals surface area (Å²) in [5.41, 5.74) is 0.786. The summed E-state index contributed by atoms with van der Waals surface area (Å²) in [6.07, 6.45) is 2.59. The summed E-state index contributed by atoms with van der Waals surface area (Å²) in [5.74, 6) is 0.390. The van der Waals surface area contributed by atoms with Gasteiger partial charge in [0.05, 0.1) is 7.11 Å². The number of carboxylic acid groups (broad SMARTS) is 1. The van der Waals surface area contributed by atoms with E-state index in [2.05, 4.69) is 10.1 Å². The second-order valence-corrected chi connectivity index (χ2v) is 6.18. The minimum atomic E-state index is -0.947. The van der Waals surface area contributed by atoms with E-state index >= 15 is 0 Å². The molecule has 1 unspecified atom stereocenters. The molecular formula is C18H21N3O5. The van der Waals surface area contributed by atoms with Crippen LogP contribution < -0.4 is 4.74 Å². The molecule has 0 saturated carbocycles. The zero-order valence-corrected chi connectivity index (χ0v) is 14.6. The number of aromatic nitrogens is 2. The zero-order chi connectivity index (χ0) is 18.5. The van der Waals surface area contributed by atoms with Gasteiger partial charge in [-0.1, -0.05) is 5.16 Å². The molecule has 8 nitrogen and oxygen atoms in total. The van der Waals surface area contributed by atoms with Crippen LogP contribution in [0.2, 0.25) is 0 Å². The minimum absolute atomic E-state index is 0.147. The first-order chi connectivity index (χ1) is 12.6. The number of hydrogen-bond donors (Lipinski definition) is 1. The van der Waals surface area contributed by atoms with Crippen LogP contribution in [0.4, 0.5) is 0 Å². The Morgan fingerprint density at radius 2 is 2.08 bits per heavy atom. The summed E-state index contributed by atoms with van der Waals surface area (Å²) in [5, 5.41) is 13.2. The molecule has 0 aliphatic carbocycles. The predicted molar refractivity (Wildman–Crippen MR) is 91.6 cm³/mol. The molecule has 1 amide bonds. The summed E-state index contributed by atoms with van der Waals surface area (Å²) in [4.78, 5) is 29.5. The van der Waals surface area contributed by atoms with E-state index in [4.69, 9.17) is 9.26 Å². The van der Waals surface area contributed by atoms with Gasteiger partial charge in [-0.2, -0.15) is 4.98 Å². The van der Waals surface area contributed by atoms with Crippen molar-refractivity contribution in [2.45, 2.75) is 38.1 Å². The highest BCUT2D eigenvalue weighted by Crippen LogP contribution is 2.21. The molecule has 0 radical (unpaired) electrons. The number of carbonyl (C=O) groups excluding carboxylic acids is 1. The number of nitrogens with zero attached hydrogens (tertiary/aromatic N) is 3. The molecule has 1 aromatic carbocycles. The average Bonchev–Trinajstić information content (AvgIpc) is 3.15. The van der Waals surface area contributed by atoms with Gasteiger partial charge in [-0.15, -0.1) is 0 Å². The molecule has 1 aliphatic rings. The van der Waals surface area contributed by atoms with E-state index in [0.29, 0.717) is 24.7 Å². The lowest BCUT2D eigenvalue weighted by Gasteiger charge is -2.32. The fourth-order valence-corrected chi connectivity index (χ4v) is 3.06. The van der Waals surface area contributed by atoms with Crippen molar-refractivity contribution in [1.82, 2.24) is 15.0 Å². The number of piperidine rings is 1. The van der Waals surface area contributed by atoms with Crippen LogP contribution in [-0.2, 0) is 16.0 Å². The Labute approximate surface area is 150 Å². The molecule has 1 aromatic heterocycles. The third kappa shape index (κ3) is 4.01. The Hall–Kier alpha value is -2.90. The van der Waals surface area contributed by atoms with Crippen molar-refractivity contribution in [2.75, 3.05) is 13.7 Å². The second-order valence-electron chi connectivity index (χ2n) is 6.18. The zero-order valence-electron chi connectivity index (χ0n) is 14.6. The summed E-state index contributed by atoms with van der Waals surface area (Å²) >= 11 is 0. The van der Waals surface area contributed by atoms with Crippen molar-refractivity contribution in [3.63, 3.8) is 0 Å². The molecule has 138 valence electrons. The lowest BCUT2D eigenvalue weighted by molar-refractivity contribution is -0.152. The van der Waals surface area contributed by atoms with Crippen molar-refractivity contribution in [2.24, 2.45) is 0 Å². The highest BCUT2D eigenvalue weighted by molar-refractivity contribution is 5.84. The number of carboxylic acids is 1. The van der Waals surface area contributed by atoms with Gasteiger partial charge >= 0.3 is 5.97 Å². The Morgan fingerprint density at radius 3 is 2.77 bits per heavy atom. The maximum absolute atomic E-state index is 12.4. The van der Waals surface area contributed by atoms with Crippen LogP contribution in [0.5, 0.6) is 5.75 Å². The van der Waals surface area contributed by atoms with Crippen LogP contribution >= 0.6 is 0 Å². The first-order valence-corrected chi connectivity index (χ1v) is 8.58. The van der Waals surface area contributed by atoms with Crippen LogP contribution in [0.25, 0.3) is 11.4 Å². The highest BCUT2D eigenvalue weighted by atomic mass is 16.5. The summed E-state index contributed by atoms with van der Waals surface area (Å²) in [6, 6.07) is 6.52. The third-order valence-corrected chi connectivity index (χ3v) is 4.48. The van der Waals surface area contributed by atoms with Crippen LogP contribution in [0.3, 0.4) is 0 Å². The number of rotatable bonds is 6. The van der Waals surface area contributed by atoms with Gasteiger partial charge < -0.3 is 19.3 Å². The number of benzene rings is 1. The molecule has 0 bridgehead atoms. The standard InChI is InChI=1S/C18H21N3O5/c1-25-13-7-5-12(6-8-13)17-19-15(26-20-17)9-10-16(22)21-11-3-2-4-14(21)18(23)24/h5-8,14H,2-4,9-11H2,1H3,(H,23,24). The summed E-state index contributed by atoms with van der Waals surface area (Å²) < 4.78 is 10.3. The van der Waals surface area contributed by atoms with Crippen molar-refractivity contribution < 1.29 is 24.0 Å². The summed E-state index contributed by atoms with van der Waals surface area (Å²) in [7, 11) is 1.59. The molecule has 3 rings (SSSR count). The molecule has 8 heteroatoms. The number of aliphatic carboxylic acids is 1. The number of ether oxygens (including phenoxy) is 1. The Kier molecular flexibility index (Phi) is 5.50. The van der Waals surface area contributed by atoms with Crippen molar-refractivity contribution >= 4 is 11.9 Å². The average molecular weight is 359 g/mol. The Morgan fingerprint density at radius 1 is 1.31 bits per heavy atom. The van der Waals surface area contributed by atoms with E-state index in [1.165, 1.54) is 4.90 Å². The first kappa shape index (κ1) is 17.9. The van der Waals surface area contributed by atoms with Crippen molar-refractivity contribution in [1.29, 1.82) is 0 Å². The predicted octanol–water partition coefficient (Wildman–Crippen LogP) is 2.14. The minimum Gasteiger partial charge on any atom is -0.497 e. The number of aryl methyl sites for hydroxylation is 1. The molecule has 2 aromatic rings. The smallest absolute Gasteiger partial charge is 0.326 e. The molecule has 26 heavy (non-hydrogen) atoms. The van der Waals surface area contributed by atoms with Gasteiger partial charge in [-0.25, -0.2) is 4.79 Å². The largest absolute Gasteiger partial charge is 0.497 e. The molecular weight excluding hydrogens is 338 g/mol. The normalized spacial score (nSPS) is 17.1. The van der Waals surface area contributed by atoms with Gasteiger partial charge in [-0.05, 0) is 43.5 Å². The van der Waals surface area contributed by atoms with Crippen molar-refractivity contribution in [3.8, 4) is 17.1 Å². The molecule has 2 heterocycles. The maximum atomic E-state index is 12.4. The van der Waals surface area contributed by atoms with E-state index in [1.807, 2.05) is 12.1 Å². The quantitative estimate of drug-likeness (QED) is 0.842. The van der Waals surface area contributed by atoms with E-state index in [-0.39, 0.29) is 18.7 Å². The first-order valence-electron chi connectivity index (χ1n) is 8.58. The Bertz CT molecular complexity index is 771. The number of amides is 1. The lowest BCUT2D eigenvalue weighted by atomic mass is 10.0. The molecule has 1 aliphatic heterocycles. The van der Waals surface area contributed by atoms with Crippen LogP contribution in [0.15, 0.2) is 28.8 Å². The van der Waals surface area contributed by atoms with Crippen LogP contribution in [0, 0.1) is 0 Å². The molecule has 1 atom stereocenters. The molecule has 0 spiro atoms. The lowest BCUT2D eigenvalue weighted by Crippen LogP contribution is -2.48. The van der Waals surface area contributed by atoms with Gasteiger partial charge in [-0.3, -0.25) is 4.79 Å². The SMILES string of the molecule is COc1ccc(-c2noc(CCC(=O)N3CCCCC3C(=O)O)n2)cc1. The monoisotopic (exact) mass is 359 g/mol. The number of carbonyl (C=O) groups is 2. The van der Waals surface area contributed by atoms with E-state index < -0.39 is 12.0 Å². The third-order valence-electron chi connectivity index (χ3n) is 4.48. The fourth-order valence-electron chi connectivity index (χ4n) is 3.06. The fraction of sp³-hybridized carbons (Fsp3) is 0.444. The van der Waals surface area contributed by atoms with Crippen LogP contribution in [-0.4, -0.2) is 51.7 Å². The van der Waals surface area contributed by atoms with E-state index in [0.717, 1.165) is 24.2 Å². The number of likely N-dealkylation sites (tertiary alicyclic amines) is 1. The van der Waals surface area contributed by atoms with Gasteiger partial charge in [0.15, 0.2) is 0 Å².